The number of rotatable bonds is 8. The third-order valence-electron chi connectivity index (χ3n) is 6.69. The number of aliphatic hydroxyl groups is 4. The summed E-state index contributed by atoms with van der Waals surface area (Å²) in [7, 11) is 6.21. The first-order valence-electron chi connectivity index (χ1n) is 13.5. The van der Waals surface area contributed by atoms with Crippen LogP contribution in [0, 0.1) is 0 Å². The van der Waals surface area contributed by atoms with Gasteiger partial charge in [0, 0.05) is 107 Å². The average molecular weight is 577 g/mol. The Morgan fingerprint density at radius 3 is 0.700 bits per heavy atom. The van der Waals surface area contributed by atoms with E-state index in [2.05, 4.69) is 0 Å². The van der Waals surface area contributed by atoms with E-state index >= 15 is 0 Å². The third-order valence-corrected chi connectivity index (χ3v) is 6.69. The van der Waals surface area contributed by atoms with Crippen LogP contribution in [0.1, 0.15) is 0 Å². The largest absolute Gasteiger partial charge is 0.395 e. The lowest BCUT2D eigenvalue weighted by Crippen LogP contribution is -2.55. The Labute approximate surface area is 236 Å². The molecular formula is C24H48N8O8. The van der Waals surface area contributed by atoms with Crippen molar-refractivity contribution in [2.75, 3.05) is 133 Å². The Bertz CT molecular complexity index is 663. The molecule has 232 valence electrons. The summed E-state index contributed by atoms with van der Waals surface area (Å²) in [5, 5.41) is 37.2. The van der Waals surface area contributed by atoms with Gasteiger partial charge in [-0.1, -0.05) is 0 Å². The van der Waals surface area contributed by atoms with Crippen LogP contribution in [-0.4, -0.2) is 217 Å². The SMILES string of the molecule is CN(CCO)C(=O)N1CCN(C(=O)N(C)CCO)CCN(C(=O)N(C)CCO)CCN(C(=O)N(C)CCO)CC1. The molecule has 1 saturated heterocycles. The van der Waals surface area contributed by atoms with Crippen LogP contribution in [0.25, 0.3) is 0 Å². The maximum Gasteiger partial charge on any atom is 0.319 e. The minimum Gasteiger partial charge on any atom is -0.395 e. The summed E-state index contributed by atoms with van der Waals surface area (Å²) >= 11 is 0. The molecule has 0 aromatic rings. The van der Waals surface area contributed by atoms with Crippen LogP contribution in [-0.2, 0) is 0 Å². The minimum absolute atomic E-state index is 0.109. The second kappa shape index (κ2) is 18.3. The van der Waals surface area contributed by atoms with Crippen LogP contribution < -0.4 is 0 Å². The van der Waals surface area contributed by atoms with Gasteiger partial charge in [-0.25, -0.2) is 19.2 Å². The number of amides is 8. The summed E-state index contributed by atoms with van der Waals surface area (Å²) in [6.45, 7) is 0.538. The molecular weight excluding hydrogens is 528 g/mol. The van der Waals surface area contributed by atoms with Gasteiger partial charge in [0.2, 0.25) is 0 Å². The van der Waals surface area contributed by atoms with Crippen molar-refractivity contribution in [3.8, 4) is 0 Å². The van der Waals surface area contributed by atoms with Crippen molar-refractivity contribution in [1.29, 1.82) is 0 Å². The highest BCUT2D eigenvalue weighted by Crippen LogP contribution is 2.08. The molecule has 4 N–H and O–H groups in total. The third kappa shape index (κ3) is 10.8. The molecule has 1 aliphatic rings. The Hall–Kier alpha value is -3.08. The van der Waals surface area contributed by atoms with Gasteiger partial charge in [0.15, 0.2) is 0 Å². The van der Waals surface area contributed by atoms with Gasteiger partial charge in [0.05, 0.1) is 26.4 Å². The topological polar surface area (TPSA) is 175 Å². The molecule has 16 nitrogen and oxygen atoms in total. The highest BCUT2D eigenvalue weighted by atomic mass is 16.3. The smallest absolute Gasteiger partial charge is 0.319 e. The molecule has 1 heterocycles. The summed E-state index contributed by atoms with van der Waals surface area (Å²) in [6.07, 6.45) is 0. The lowest BCUT2D eigenvalue weighted by molar-refractivity contribution is 0.105. The summed E-state index contributed by atoms with van der Waals surface area (Å²) < 4.78 is 0. The lowest BCUT2D eigenvalue weighted by atomic mass is 10.3. The second-order valence-corrected chi connectivity index (χ2v) is 9.66. The number of hydrogen-bond donors (Lipinski definition) is 4. The summed E-state index contributed by atoms with van der Waals surface area (Å²) in [6, 6.07) is -1.50. The number of nitrogens with zero attached hydrogens (tertiary/aromatic N) is 8. The monoisotopic (exact) mass is 576 g/mol. The van der Waals surface area contributed by atoms with E-state index < -0.39 is 0 Å². The fraction of sp³-hybridized carbons (Fsp3) is 0.833. The molecule has 16 heteroatoms. The van der Waals surface area contributed by atoms with Crippen molar-refractivity contribution >= 4 is 24.1 Å². The van der Waals surface area contributed by atoms with Crippen molar-refractivity contribution in [2.24, 2.45) is 0 Å². The second-order valence-electron chi connectivity index (χ2n) is 9.66. The van der Waals surface area contributed by atoms with Gasteiger partial charge >= 0.3 is 24.1 Å². The van der Waals surface area contributed by atoms with Crippen molar-refractivity contribution in [3.63, 3.8) is 0 Å². The number of carbonyl (C=O) groups excluding carboxylic acids is 4. The van der Waals surface area contributed by atoms with Gasteiger partial charge in [-0.15, -0.1) is 0 Å². The van der Waals surface area contributed by atoms with Crippen LogP contribution in [0.15, 0.2) is 0 Å². The van der Waals surface area contributed by atoms with Gasteiger partial charge in [-0.2, -0.15) is 0 Å². The van der Waals surface area contributed by atoms with Crippen molar-refractivity contribution in [2.45, 2.75) is 0 Å². The van der Waals surface area contributed by atoms with E-state index in [-0.39, 0.29) is 129 Å². The molecule has 0 spiro atoms. The Kier molecular flexibility index (Phi) is 16.0. The molecule has 0 radical (unpaired) electrons. The molecule has 1 rings (SSSR count). The zero-order valence-electron chi connectivity index (χ0n) is 24.3. The molecule has 0 aromatic carbocycles. The molecule has 0 aliphatic carbocycles. The first kappa shape index (κ1) is 34.9. The number of hydrogen-bond acceptors (Lipinski definition) is 8. The van der Waals surface area contributed by atoms with E-state index in [9.17, 15) is 39.6 Å². The Balaban J connectivity index is 3.36. The fourth-order valence-electron chi connectivity index (χ4n) is 4.13. The predicted octanol–water partition coefficient (Wildman–Crippen LogP) is -2.62. The molecule has 0 unspecified atom stereocenters. The van der Waals surface area contributed by atoms with Gasteiger partial charge in [-0.3, -0.25) is 0 Å². The molecule has 0 saturated carbocycles. The van der Waals surface area contributed by atoms with Crippen LogP contribution in [0.3, 0.4) is 0 Å². The van der Waals surface area contributed by atoms with E-state index in [1.54, 1.807) is 28.2 Å². The molecule has 0 atom stereocenters. The zero-order chi connectivity index (χ0) is 30.2. The maximum atomic E-state index is 13.2. The van der Waals surface area contributed by atoms with Crippen LogP contribution in [0.4, 0.5) is 19.2 Å². The van der Waals surface area contributed by atoms with Gasteiger partial charge < -0.3 is 59.6 Å². The maximum absolute atomic E-state index is 13.2. The van der Waals surface area contributed by atoms with E-state index in [4.69, 9.17) is 0 Å². The van der Waals surface area contributed by atoms with Gasteiger partial charge in [0.1, 0.15) is 0 Å². The summed E-state index contributed by atoms with van der Waals surface area (Å²) in [5.74, 6) is 0. The first-order chi connectivity index (χ1) is 19.0. The number of likely N-dealkylation sites (N-methyl/N-ethyl adjacent to an activating group) is 4. The summed E-state index contributed by atoms with van der Waals surface area (Å²) in [5.41, 5.74) is 0. The summed E-state index contributed by atoms with van der Waals surface area (Å²) in [4.78, 5) is 64.2. The highest BCUT2D eigenvalue weighted by molar-refractivity contribution is 5.77. The van der Waals surface area contributed by atoms with Crippen molar-refractivity contribution in [3.05, 3.63) is 0 Å². The lowest BCUT2D eigenvalue weighted by Gasteiger charge is -2.37. The highest BCUT2D eigenvalue weighted by Gasteiger charge is 2.28. The predicted molar refractivity (Wildman–Crippen MR) is 147 cm³/mol. The zero-order valence-corrected chi connectivity index (χ0v) is 24.3. The van der Waals surface area contributed by atoms with Crippen LogP contribution >= 0.6 is 0 Å². The number of aliphatic hydroxyl groups excluding tert-OH is 4. The average Bonchev–Trinajstić information content (AvgIpc) is 2.92. The van der Waals surface area contributed by atoms with Gasteiger partial charge in [0.25, 0.3) is 0 Å². The Morgan fingerprint density at radius 2 is 0.575 bits per heavy atom. The fourth-order valence-corrected chi connectivity index (χ4v) is 4.13. The molecule has 8 amide bonds. The number of carbonyl (C=O) groups is 4. The van der Waals surface area contributed by atoms with Crippen molar-refractivity contribution < 1.29 is 39.6 Å². The van der Waals surface area contributed by atoms with E-state index in [0.29, 0.717) is 0 Å². The van der Waals surface area contributed by atoms with E-state index in [1.165, 1.54) is 39.2 Å². The molecule has 1 aliphatic heterocycles. The van der Waals surface area contributed by atoms with Crippen LogP contribution in [0.2, 0.25) is 0 Å². The minimum atomic E-state index is -0.374. The first-order valence-corrected chi connectivity index (χ1v) is 13.5. The molecule has 0 bridgehead atoms. The number of urea groups is 4. The Morgan fingerprint density at radius 1 is 0.425 bits per heavy atom. The standard InChI is InChI=1S/C24H48N8O8/c1-25(13-17-33)21(37)29-5-7-30(22(38)26(2)14-18-34)9-11-32(24(40)28(4)16-20-36)12-10-31(8-6-29)23(39)27(3)15-19-35/h33-36H,5-20H2,1-4H3. The van der Waals surface area contributed by atoms with E-state index in [1.807, 2.05) is 0 Å². The van der Waals surface area contributed by atoms with Crippen molar-refractivity contribution in [1.82, 2.24) is 39.2 Å². The molecule has 40 heavy (non-hydrogen) atoms. The quantitative estimate of drug-likeness (QED) is 0.243. The van der Waals surface area contributed by atoms with E-state index in [0.717, 1.165) is 0 Å². The molecule has 1 fully saturated rings. The molecule has 0 aromatic heterocycles. The normalized spacial score (nSPS) is 15.2. The van der Waals surface area contributed by atoms with Crippen LogP contribution in [0.5, 0.6) is 0 Å². The van der Waals surface area contributed by atoms with Gasteiger partial charge in [-0.05, 0) is 0 Å².